The highest BCUT2D eigenvalue weighted by Gasteiger charge is 2.15. The number of hydrogen-bond donors (Lipinski definition) is 1. The molecule has 0 radical (unpaired) electrons. The van der Waals surface area contributed by atoms with Gasteiger partial charge in [0.05, 0.1) is 25.9 Å². The van der Waals surface area contributed by atoms with Gasteiger partial charge in [0.25, 0.3) is 0 Å². The molecule has 7 heteroatoms. The number of ether oxygens (including phenoxy) is 2. The first-order valence-electron chi connectivity index (χ1n) is 9.76. The molecule has 29 heavy (non-hydrogen) atoms. The van der Waals surface area contributed by atoms with Gasteiger partial charge in [-0.1, -0.05) is 29.8 Å². The van der Waals surface area contributed by atoms with E-state index in [1.165, 1.54) is 23.5 Å². The average Bonchev–Trinajstić information content (AvgIpc) is 2.72. The van der Waals surface area contributed by atoms with Crippen molar-refractivity contribution in [3.63, 3.8) is 0 Å². The van der Waals surface area contributed by atoms with Crippen LogP contribution in [0.3, 0.4) is 0 Å². The molecule has 0 aliphatic carbocycles. The van der Waals surface area contributed by atoms with E-state index in [4.69, 9.17) is 21.1 Å². The Hall–Kier alpha value is -2.15. The van der Waals surface area contributed by atoms with E-state index in [-0.39, 0.29) is 18.7 Å². The van der Waals surface area contributed by atoms with Crippen molar-refractivity contribution in [2.24, 2.45) is 0 Å². The Balaban J connectivity index is 1.51. The van der Waals surface area contributed by atoms with Crippen molar-refractivity contribution in [1.29, 1.82) is 0 Å². The third-order valence-corrected chi connectivity index (χ3v) is 5.18. The molecule has 156 valence electrons. The van der Waals surface area contributed by atoms with Gasteiger partial charge >= 0.3 is 6.03 Å². The van der Waals surface area contributed by atoms with Crippen LogP contribution in [0, 0.1) is 5.82 Å². The number of benzene rings is 2. The number of carbonyl (C=O) groups excluding carboxylic acids is 1. The number of rotatable bonds is 7. The molecular weight excluding hydrogens is 395 g/mol. The van der Waals surface area contributed by atoms with Gasteiger partial charge < -0.3 is 19.7 Å². The Morgan fingerprint density at radius 3 is 2.90 bits per heavy atom. The highest BCUT2D eigenvalue weighted by Crippen LogP contribution is 2.21. The Bertz CT molecular complexity index is 807. The topological polar surface area (TPSA) is 50.8 Å². The predicted molar refractivity (Wildman–Crippen MR) is 112 cm³/mol. The first kappa shape index (κ1) is 21.6. The molecule has 0 spiro atoms. The zero-order chi connectivity index (χ0) is 20.6. The zero-order valence-corrected chi connectivity index (χ0v) is 17.3. The number of urea groups is 1. The molecule has 0 saturated carbocycles. The third-order valence-electron chi connectivity index (χ3n) is 4.83. The monoisotopic (exact) mass is 420 g/mol. The van der Waals surface area contributed by atoms with Crippen LogP contribution in [0.2, 0.25) is 5.02 Å². The van der Waals surface area contributed by atoms with Crippen LogP contribution in [0.4, 0.5) is 14.9 Å². The van der Waals surface area contributed by atoms with E-state index in [9.17, 15) is 9.18 Å². The van der Waals surface area contributed by atoms with E-state index >= 15 is 0 Å². The molecule has 2 amide bonds. The van der Waals surface area contributed by atoms with Gasteiger partial charge in [-0.3, -0.25) is 0 Å². The first-order valence-corrected chi connectivity index (χ1v) is 10.1. The van der Waals surface area contributed by atoms with Crippen molar-refractivity contribution in [3.05, 3.63) is 64.4 Å². The molecule has 1 N–H and O–H groups in total. The first-order chi connectivity index (χ1) is 14.0. The van der Waals surface area contributed by atoms with Gasteiger partial charge in [-0.05, 0) is 49.1 Å². The molecule has 1 unspecified atom stereocenters. The minimum Gasteiger partial charge on any atom is -0.376 e. The summed E-state index contributed by atoms with van der Waals surface area (Å²) in [5.74, 6) is -0.432. The average molecular weight is 421 g/mol. The van der Waals surface area contributed by atoms with Gasteiger partial charge in [0.15, 0.2) is 0 Å². The Kier molecular flexibility index (Phi) is 7.86. The summed E-state index contributed by atoms with van der Waals surface area (Å²) < 4.78 is 25.4. The number of halogens is 2. The molecule has 1 aliphatic rings. The number of nitrogens with zero attached hydrogens (tertiary/aromatic N) is 1. The summed E-state index contributed by atoms with van der Waals surface area (Å²) in [4.78, 5) is 13.9. The minimum atomic E-state index is -0.432. The lowest BCUT2D eigenvalue weighted by Crippen LogP contribution is -2.31. The number of nitrogens with one attached hydrogen (secondary N) is 1. The lowest BCUT2D eigenvalue weighted by molar-refractivity contribution is -0.0447. The Labute approximate surface area is 175 Å². The molecular formula is C22H26ClFN2O3. The van der Waals surface area contributed by atoms with E-state index in [0.717, 1.165) is 25.0 Å². The molecule has 1 aliphatic heterocycles. The fourth-order valence-electron chi connectivity index (χ4n) is 3.20. The third kappa shape index (κ3) is 6.42. The van der Waals surface area contributed by atoms with Crippen LogP contribution >= 0.6 is 11.6 Å². The van der Waals surface area contributed by atoms with E-state index < -0.39 is 5.82 Å². The molecule has 1 saturated heterocycles. The van der Waals surface area contributed by atoms with E-state index in [2.05, 4.69) is 5.32 Å². The highest BCUT2D eigenvalue weighted by atomic mass is 35.5. The Morgan fingerprint density at radius 2 is 2.14 bits per heavy atom. The van der Waals surface area contributed by atoms with Gasteiger partial charge in [-0.15, -0.1) is 0 Å². The molecule has 1 fully saturated rings. The smallest absolute Gasteiger partial charge is 0.321 e. The zero-order valence-electron chi connectivity index (χ0n) is 16.5. The van der Waals surface area contributed by atoms with E-state index in [1.807, 2.05) is 18.2 Å². The van der Waals surface area contributed by atoms with E-state index in [1.54, 1.807) is 19.2 Å². The highest BCUT2D eigenvalue weighted by molar-refractivity contribution is 6.31. The van der Waals surface area contributed by atoms with Crippen LogP contribution in [0.5, 0.6) is 0 Å². The van der Waals surface area contributed by atoms with Crippen LogP contribution in [0.25, 0.3) is 0 Å². The molecule has 0 bridgehead atoms. The van der Waals surface area contributed by atoms with Crippen LogP contribution < -0.4 is 5.32 Å². The summed E-state index contributed by atoms with van der Waals surface area (Å²) in [5, 5.41) is 3.12. The Morgan fingerprint density at radius 1 is 1.31 bits per heavy atom. The lowest BCUT2D eigenvalue weighted by atomic mass is 10.1. The van der Waals surface area contributed by atoms with Gasteiger partial charge in [0, 0.05) is 29.9 Å². The second kappa shape index (κ2) is 10.6. The molecule has 1 heterocycles. The van der Waals surface area contributed by atoms with Crippen LogP contribution in [0.15, 0.2) is 42.5 Å². The molecule has 0 aromatic heterocycles. The van der Waals surface area contributed by atoms with Gasteiger partial charge in [0.1, 0.15) is 5.82 Å². The lowest BCUT2D eigenvalue weighted by Gasteiger charge is -2.22. The predicted octanol–water partition coefficient (Wildman–Crippen LogP) is 5.23. The van der Waals surface area contributed by atoms with Crippen molar-refractivity contribution in [1.82, 2.24) is 4.90 Å². The normalized spacial score (nSPS) is 16.4. The summed E-state index contributed by atoms with van der Waals surface area (Å²) in [6, 6.07) is 11.6. The second-order valence-electron chi connectivity index (χ2n) is 7.19. The molecule has 2 aromatic rings. The maximum Gasteiger partial charge on any atom is 0.321 e. The largest absolute Gasteiger partial charge is 0.376 e. The molecule has 3 rings (SSSR count). The maximum atomic E-state index is 13.9. The van der Waals surface area contributed by atoms with Crippen molar-refractivity contribution in [2.75, 3.05) is 25.6 Å². The number of amides is 2. The van der Waals surface area contributed by atoms with Crippen molar-refractivity contribution in [2.45, 2.75) is 38.5 Å². The van der Waals surface area contributed by atoms with Crippen molar-refractivity contribution >= 4 is 23.3 Å². The van der Waals surface area contributed by atoms with Gasteiger partial charge in [-0.2, -0.15) is 0 Å². The van der Waals surface area contributed by atoms with Crippen molar-refractivity contribution < 1.29 is 18.7 Å². The molecule has 5 nitrogen and oxygen atoms in total. The van der Waals surface area contributed by atoms with Crippen LogP contribution in [-0.2, 0) is 22.6 Å². The van der Waals surface area contributed by atoms with Gasteiger partial charge in [0.2, 0.25) is 0 Å². The maximum absolute atomic E-state index is 13.9. The van der Waals surface area contributed by atoms with E-state index in [0.29, 0.717) is 29.5 Å². The van der Waals surface area contributed by atoms with Crippen molar-refractivity contribution in [3.8, 4) is 0 Å². The summed E-state index contributed by atoms with van der Waals surface area (Å²) in [6.45, 7) is 1.90. The molecule has 2 aromatic carbocycles. The quantitative estimate of drug-likeness (QED) is 0.667. The van der Waals surface area contributed by atoms with Gasteiger partial charge in [-0.25, -0.2) is 9.18 Å². The summed E-state index contributed by atoms with van der Waals surface area (Å²) in [6.07, 6.45) is 3.51. The SMILES string of the molecule is CN(Cc1c(F)cccc1Cl)C(=O)Nc1cccc(COCC2CCCCO2)c1. The standard InChI is InChI=1S/C22H26ClFN2O3/c1-26(13-19-20(23)9-5-10-21(19)24)22(27)25-17-7-4-6-16(12-17)14-28-15-18-8-2-3-11-29-18/h4-7,9-10,12,18H,2-3,8,11,13-15H2,1H3,(H,25,27). The summed E-state index contributed by atoms with van der Waals surface area (Å²) in [7, 11) is 1.59. The fraction of sp³-hybridized carbons (Fsp3) is 0.409. The summed E-state index contributed by atoms with van der Waals surface area (Å²) >= 11 is 6.04. The van der Waals surface area contributed by atoms with Crippen LogP contribution in [-0.4, -0.2) is 37.3 Å². The second-order valence-corrected chi connectivity index (χ2v) is 7.60. The number of anilines is 1. The summed E-state index contributed by atoms with van der Waals surface area (Å²) in [5.41, 5.74) is 1.90. The minimum absolute atomic E-state index is 0.0710. The number of carbonyl (C=O) groups is 1. The molecule has 1 atom stereocenters. The van der Waals surface area contributed by atoms with Crippen LogP contribution in [0.1, 0.15) is 30.4 Å². The fourth-order valence-corrected chi connectivity index (χ4v) is 3.42. The number of hydrogen-bond acceptors (Lipinski definition) is 3.